The molecule has 0 saturated carbocycles. The maximum atomic E-state index is 10.5. The number of amides is 1. The number of hydrogen-bond donors (Lipinski definition) is 2. The molecule has 17 heavy (non-hydrogen) atoms. The summed E-state index contributed by atoms with van der Waals surface area (Å²) in [6.07, 6.45) is 2.25. The van der Waals surface area contributed by atoms with E-state index in [2.05, 4.69) is 36.7 Å². The molecule has 0 heterocycles. The Morgan fingerprint density at radius 3 is 2.59 bits per heavy atom. The summed E-state index contributed by atoms with van der Waals surface area (Å²) in [4.78, 5) is 15.5. The van der Waals surface area contributed by atoms with Gasteiger partial charge < -0.3 is 5.73 Å². The lowest BCUT2D eigenvalue weighted by Gasteiger charge is -2.13. The van der Waals surface area contributed by atoms with E-state index in [0.717, 1.165) is 18.4 Å². The van der Waals surface area contributed by atoms with Crippen LogP contribution in [0.1, 0.15) is 37.4 Å². The standard InChI is InChI=1S/C13H20N2O2/c1-3-4-11-5-7-12(8-6-11)10(2)15-17-9-13(14)16/h5-8,10,15H,3-4,9H2,1-2H3,(H2,14,16). The number of primary amides is 1. The first-order chi connectivity index (χ1) is 8.13. The van der Waals surface area contributed by atoms with Crippen molar-refractivity contribution < 1.29 is 9.63 Å². The third-order valence-corrected chi connectivity index (χ3v) is 2.49. The molecule has 4 nitrogen and oxygen atoms in total. The van der Waals surface area contributed by atoms with Gasteiger partial charge in [0.05, 0.1) is 6.04 Å². The van der Waals surface area contributed by atoms with Gasteiger partial charge in [-0.25, -0.2) is 0 Å². The molecule has 4 heteroatoms. The second kappa shape index (κ2) is 7.04. The van der Waals surface area contributed by atoms with Gasteiger partial charge in [0.2, 0.25) is 5.91 Å². The van der Waals surface area contributed by atoms with Crippen LogP contribution in [0.25, 0.3) is 0 Å². The molecule has 0 aromatic heterocycles. The molecular formula is C13H20N2O2. The number of hydroxylamine groups is 1. The summed E-state index contributed by atoms with van der Waals surface area (Å²) >= 11 is 0. The molecule has 1 aromatic carbocycles. The van der Waals surface area contributed by atoms with Crippen molar-refractivity contribution in [3.05, 3.63) is 35.4 Å². The van der Waals surface area contributed by atoms with E-state index in [1.165, 1.54) is 5.56 Å². The van der Waals surface area contributed by atoms with Gasteiger partial charge in [0.15, 0.2) is 0 Å². The van der Waals surface area contributed by atoms with E-state index in [-0.39, 0.29) is 12.6 Å². The third kappa shape index (κ3) is 4.97. The zero-order valence-corrected chi connectivity index (χ0v) is 10.4. The smallest absolute Gasteiger partial charge is 0.245 e. The van der Waals surface area contributed by atoms with Crippen molar-refractivity contribution in [3.63, 3.8) is 0 Å². The summed E-state index contributed by atoms with van der Waals surface area (Å²) in [6, 6.07) is 8.40. The SMILES string of the molecule is CCCc1ccc(C(C)NOCC(N)=O)cc1. The van der Waals surface area contributed by atoms with E-state index in [1.807, 2.05) is 6.92 Å². The minimum atomic E-state index is -0.483. The summed E-state index contributed by atoms with van der Waals surface area (Å²) in [5, 5.41) is 0. The third-order valence-electron chi connectivity index (χ3n) is 2.49. The number of carbonyl (C=O) groups excluding carboxylic acids is 1. The van der Waals surface area contributed by atoms with Gasteiger partial charge in [0, 0.05) is 0 Å². The van der Waals surface area contributed by atoms with Gasteiger partial charge in [-0.05, 0) is 24.5 Å². The first kappa shape index (κ1) is 13.7. The predicted octanol–water partition coefficient (Wildman–Crippen LogP) is 1.71. The van der Waals surface area contributed by atoms with Crippen LogP contribution in [-0.4, -0.2) is 12.5 Å². The highest BCUT2D eigenvalue weighted by molar-refractivity contribution is 5.74. The first-order valence-corrected chi connectivity index (χ1v) is 5.88. The van der Waals surface area contributed by atoms with Crippen LogP contribution in [0.5, 0.6) is 0 Å². The van der Waals surface area contributed by atoms with Crippen LogP contribution in [0, 0.1) is 0 Å². The van der Waals surface area contributed by atoms with E-state index >= 15 is 0 Å². The number of carbonyl (C=O) groups is 1. The summed E-state index contributed by atoms with van der Waals surface area (Å²) in [6.45, 7) is 4.02. The molecule has 1 aromatic rings. The highest BCUT2D eigenvalue weighted by atomic mass is 16.6. The first-order valence-electron chi connectivity index (χ1n) is 5.88. The second-order valence-corrected chi connectivity index (χ2v) is 4.09. The number of nitrogens with one attached hydrogen (secondary N) is 1. The Balaban J connectivity index is 2.45. The van der Waals surface area contributed by atoms with Gasteiger partial charge in [0.1, 0.15) is 6.61 Å². The predicted molar refractivity (Wildman–Crippen MR) is 67.1 cm³/mol. The van der Waals surface area contributed by atoms with E-state index in [9.17, 15) is 4.79 Å². The van der Waals surface area contributed by atoms with Crippen molar-refractivity contribution in [2.24, 2.45) is 5.73 Å². The molecule has 1 rings (SSSR count). The Hall–Kier alpha value is -1.39. The van der Waals surface area contributed by atoms with Crippen molar-refractivity contribution in [2.75, 3.05) is 6.61 Å². The fraction of sp³-hybridized carbons (Fsp3) is 0.462. The molecule has 3 N–H and O–H groups in total. The Labute approximate surface area is 102 Å². The largest absolute Gasteiger partial charge is 0.368 e. The normalized spacial score (nSPS) is 12.4. The van der Waals surface area contributed by atoms with Crippen LogP contribution in [0.4, 0.5) is 0 Å². The van der Waals surface area contributed by atoms with Crippen LogP contribution >= 0.6 is 0 Å². The topological polar surface area (TPSA) is 64.3 Å². The van der Waals surface area contributed by atoms with Gasteiger partial charge in [0.25, 0.3) is 0 Å². The molecule has 0 aliphatic heterocycles. The molecule has 0 aliphatic carbocycles. The molecule has 0 fully saturated rings. The molecule has 1 amide bonds. The van der Waals surface area contributed by atoms with E-state index in [4.69, 9.17) is 10.6 Å². The molecule has 0 radical (unpaired) electrons. The average molecular weight is 236 g/mol. The van der Waals surface area contributed by atoms with Gasteiger partial charge >= 0.3 is 0 Å². The minimum absolute atomic E-state index is 0.0324. The highest BCUT2D eigenvalue weighted by Crippen LogP contribution is 2.14. The minimum Gasteiger partial charge on any atom is -0.368 e. The molecule has 0 saturated heterocycles. The Kier molecular flexibility index (Phi) is 5.66. The van der Waals surface area contributed by atoms with Gasteiger partial charge in [-0.15, -0.1) is 0 Å². The number of nitrogens with two attached hydrogens (primary N) is 1. The monoisotopic (exact) mass is 236 g/mol. The van der Waals surface area contributed by atoms with Crippen LogP contribution in [-0.2, 0) is 16.1 Å². The van der Waals surface area contributed by atoms with E-state index in [1.54, 1.807) is 0 Å². The molecular weight excluding hydrogens is 216 g/mol. The van der Waals surface area contributed by atoms with E-state index < -0.39 is 5.91 Å². The van der Waals surface area contributed by atoms with Gasteiger partial charge in [-0.2, -0.15) is 5.48 Å². The van der Waals surface area contributed by atoms with Crippen molar-refractivity contribution in [2.45, 2.75) is 32.7 Å². The zero-order valence-electron chi connectivity index (χ0n) is 10.4. The summed E-state index contributed by atoms with van der Waals surface area (Å²) in [7, 11) is 0. The van der Waals surface area contributed by atoms with Crippen molar-refractivity contribution in [1.29, 1.82) is 0 Å². The highest BCUT2D eigenvalue weighted by Gasteiger charge is 2.05. The maximum Gasteiger partial charge on any atom is 0.245 e. The van der Waals surface area contributed by atoms with Crippen LogP contribution in [0.15, 0.2) is 24.3 Å². The van der Waals surface area contributed by atoms with Gasteiger partial charge in [-0.3, -0.25) is 9.63 Å². The van der Waals surface area contributed by atoms with Crippen LogP contribution < -0.4 is 11.2 Å². The van der Waals surface area contributed by atoms with Crippen LogP contribution in [0.3, 0.4) is 0 Å². The maximum absolute atomic E-state index is 10.5. The lowest BCUT2D eigenvalue weighted by molar-refractivity contribution is -0.126. The van der Waals surface area contributed by atoms with Crippen molar-refractivity contribution >= 4 is 5.91 Å². The number of hydrogen-bond acceptors (Lipinski definition) is 3. The number of aryl methyl sites for hydroxylation is 1. The number of rotatable bonds is 7. The summed E-state index contributed by atoms with van der Waals surface area (Å²) < 4.78 is 0. The second-order valence-electron chi connectivity index (χ2n) is 4.09. The molecule has 1 atom stereocenters. The lowest BCUT2D eigenvalue weighted by atomic mass is 10.0. The van der Waals surface area contributed by atoms with Crippen LogP contribution in [0.2, 0.25) is 0 Å². The number of benzene rings is 1. The average Bonchev–Trinajstić information content (AvgIpc) is 2.30. The zero-order chi connectivity index (χ0) is 12.7. The molecule has 94 valence electrons. The quantitative estimate of drug-likeness (QED) is 0.708. The molecule has 0 spiro atoms. The summed E-state index contributed by atoms with van der Waals surface area (Å²) in [5.74, 6) is -0.483. The van der Waals surface area contributed by atoms with Gasteiger partial charge in [-0.1, -0.05) is 37.6 Å². The van der Waals surface area contributed by atoms with Crippen molar-refractivity contribution in [3.8, 4) is 0 Å². The molecule has 0 aliphatic rings. The summed E-state index contributed by atoms with van der Waals surface area (Å²) in [5.41, 5.74) is 10.2. The Bertz CT molecular complexity index is 349. The fourth-order valence-electron chi connectivity index (χ4n) is 1.57. The fourth-order valence-corrected chi connectivity index (χ4v) is 1.57. The van der Waals surface area contributed by atoms with E-state index in [0.29, 0.717) is 0 Å². The van der Waals surface area contributed by atoms with Crippen molar-refractivity contribution in [1.82, 2.24) is 5.48 Å². The lowest BCUT2D eigenvalue weighted by Crippen LogP contribution is -2.26. The Morgan fingerprint density at radius 2 is 2.06 bits per heavy atom. The Morgan fingerprint density at radius 1 is 1.41 bits per heavy atom. The molecule has 0 bridgehead atoms. The molecule has 1 unspecified atom stereocenters.